The number of nitrogens with zero attached hydrogens (tertiary/aromatic N) is 2. The lowest BCUT2D eigenvalue weighted by Crippen LogP contribution is -2.50. The molecule has 0 amide bonds. The monoisotopic (exact) mass is 213 g/mol. The van der Waals surface area contributed by atoms with Crippen LogP contribution in [0.15, 0.2) is 0 Å². The summed E-state index contributed by atoms with van der Waals surface area (Å²) in [6.07, 6.45) is 0. The van der Waals surface area contributed by atoms with Crippen molar-refractivity contribution in [2.75, 3.05) is 13.2 Å². The van der Waals surface area contributed by atoms with E-state index < -0.39 is 0 Å². The molecule has 5 heteroatoms. The highest BCUT2D eigenvalue weighted by atomic mass is 32.1. The van der Waals surface area contributed by atoms with Crippen molar-refractivity contribution in [1.29, 1.82) is 0 Å². The lowest BCUT2D eigenvalue weighted by Gasteiger charge is -2.35. The Morgan fingerprint density at radius 2 is 2.43 bits per heavy atom. The molecule has 0 aromatic carbocycles. The highest BCUT2D eigenvalue weighted by molar-refractivity contribution is 7.05. The molecule has 0 radical (unpaired) electrons. The van der Waals surface area contributed by atoms with Crippen molar-refractivity contribution in [1.82, 2.24) is 14.7 Å². The van der Waals surface area contributed by atoms with E-state index in [-0.39, 0.29) is 5.60 Å². The van der Waals surface area contributed by atoms with E-state index in [9.17, 15) is 0 Å². The second-order valence-corrected chi connectivity index (χ2v) is 4.72. The van der Waals surface area contributed by atoms with Gasteiger partial charge < -0.3 is 10.1 Å². The van der Waals surface area contributed by atoms with E-state index in [4.69, 9.17) is 4.74 Å². The topological polar surface area (TPSA) is 47.0 Å². The molecule has 2 rings (SSSR count). The van der Waals surface area contributed by atoms with Crippen LogP contribution in [0, 0.1) is 6.92 Å². The van der Waals surface area contributed by atoms with Gasteiger partial charge in [-0.05, 0) is 32.3 Å². The smallest absolute Gasteiger partial charge is 0.146 e. The van der Waals surface area contributed by atoms with Gasteiger partial charge in [0.2, 0.25) is 0 Å². The molecule has 1 aromatic heterocycles. The Morgan fingerprint density at radius 3 is 2.93 bits per heavy atom. The quantitative estimate of drug-likeness (QED) is 0.758. The third kappa shape index (κ3) is 1.80. The molecule has 4 nitrogen and oxygen atoms in total. The fourth-order valence-corrected chi connectivity index (χ4v) is 2.19. The van der Waals surface area contributed by atoms with Gasteiger partial charge in [-0.2, -0.15) is 4.37 Å². The van der Waals surface area contributed by atoms with Gasteiger partial charge in [-0.3, -0.25) is 0 Å². The van der Waals surface area contributed by atoms with Crippen molar-refractivity contribution >= 4 is 11.5 Å². The number of nitrogens with one attached hydrogen (secondary N) is 1. The molecule has 1 aliphatic rings. The lowest BCUT2D eigenvalue weighted by molar-refractivity contribution is -0.0729. The largest absolute Gasteiger partial charge is 0.365 e. The van der Waals surface area contributed by atoms with E-state index in [1.165, 1.54) is 11.5 Å². The predicted octanol–water partition coefficient (Wildman–Crippen LogP) is 1.07. The Hall–Kier alpha value is -0.520. The van der Waals surface area contributed by atoms with Crippen LogP contribution in [0.5, 0.6) is 0 Å². The van der Waals surface area contributed by atoms with E-state index >= 15 is 0 Å². The van der Waals surface area contributed by atoms with E-state index in [1.807, 2.05) is 6.92 Å². The Kier molecular flexibility index (Phi) is 2.55. The van der Waals surface area contributed by atoms with Gasteiger partial charge >= 0.3 is 0 Å². The number of rotatable bonds is 1. The van der Waals surface area contributed by atoms with Gasteiger partial charge in [0.05, 0.1) is 6.61 Å². The highest BCUT2D eigenvalue weighted by Crippen LogP contribution is 2.28. The summed E-state index contributed by atoms with van der Waals surface area (Å²) in [4.78, 5) is 4.37. The molecular formula is C9H15N3OS. The fraction of sp³-hybridized carbons (Fsp3) is 0.778. The van der Waals surface area contributed by atoms with Gasteiger partial charge in [0.15, 0.2) is 0 Å². The number of hydrogen-bond donors (Lipinski definition) is 1. The van der Waals surface area contributed by atoms with E-state index in [0.29, 0.717) is 6.04 Å². The molecule has 2 unspecified atom stereocenters. The van der Waals surface area contributed by atoms with Crippen molar-refractivity contribution < 1.29 is 4.74 Å². The number of aromatic nitrogens is 2. The van der Waals surface area contributed by atoms with Gasteiger partial charge in [-0.15, -0.1) is 0 Å². The molecule has 1 saturated heterocycles. The average Bonchev–Trinajstić information content (AvgIpc) is 2.58. The second-order valence-electron chi connectivity index (χ2n) is 3.97. The van der Waals surface area contributed by atoms with Crippen LogP contribution in [0.4, 0.5) is 0 Å². The van der Waals surface area contributed by atoms with E-state index in [1.54, 1.807) is 0 Å². The maximum absolute atomic E-state index is 5.82. The highest BCUT2D eigenvalue weighted by Gasteiger charge is 2.35. The summed E-state index contributed by atoms with van der Waals surface area (Å²) in [6.45, 7) is 7.62. The Balaban J connectivity index is 2.16. The number of ether oxygens (including phenoxy) is 1. The van der Waals surface area contributed by atoms with Gasteiger partial charge in [-0.1, -0.05) is 0 Å². The zero-order valence-electron chi connectivity index (χ0n) is 8.70. The first kappa shape index (κ1) is 10.0. The van der Waals surface area contributed by atoms with E-state index in [2.05, 4.69) is 28.5 Å². The maximum atomic E-state index is 5.82. The molecule has 0 saturated carbocycles. The van der Waals surface area contributed by atoms with Gasteiger partial charge in [0.25, 0.3) is 0 Å². The van der Waals surface area contributed by atoms with Crippen LogP contribution in [0.3, 0.4) is 0 Å². The van der Waals surface area contributed by atoms with Crippen molar-refractivity contribution in [3.05, 3.63) is 10.8 Å². The zero-order chi connectivity index (χ0) is 10.2. The predicted molar refractivity (Wildman–Crippen MR) is 55.4 cm³/mol. The first-order valence-corrected chi connectivity index (χ1v) is 5.56. The molecule has 2 heterocycles. The standard InChI is InChI=1S/C9H15N3OS/c1-6-4-13-9(3,5-10-6)8-11-7(2)12-14-8/h6,10H,4-5H2,1-3H3. The summed E-state index contributed by atoms with van der Waals surface area (Å²) in [5.41, 5.74) is -0.293. The molecule has 1 N–H and O–H groups in total. The van der Waals surface area contributed by atoms with Crippen LogP contribution < -0.4 is 5.32 Å². The Labute approximate surface area is 87.9 Å². The van der Waals surface area contributed by atoms with Crippen LogP contribution in [0.25, 0.3) is 0 Å². The average molecular weight is 213 g/mol. The van der Waals surface area contributed by atoms with Crippen molar-refractivity contribution in [3.8, 4) is 0 Å². The van der Waals surface area contributed by atoms with Gasteiger partial charge in [0, 0.05) is 12.6 Å². The molecule has 0 bridgehead atoms. The maximum Gasteiger partial charge on any atom is 0.146 e. The minimum atomic E-state index is -0.293. The minimum absolute atomic E-state index is 0.293. The van der Waals surface area contributed by atoms with Crippen LogP contribution in [0.1, 0.15) is 24.7 Å². The molecule has 1 fully saturated rings. The fourth-order valence-electron chi connectivity index (χ4n) is 1.44. The summed E-state index contributed by atoms with van der Waals surface area (Å²) >= 11 is 1.43. The minimum Gasteiger partial charge on any atom is -0.365 e. The SMILES string of the molecule is Cc1nsc(C2(C)CNC(C)CO2)n1. The summed E-state index contributed by atoms with van der Waals surface area (Å²) in [6, 6.07) is 0.428. The van der Waals surface area contributed by atoms with Gasteiger partial charge in [0.1, 0.15) is 16.4 Å². The summed E-state index contributed by atoms with van der Waals surface area (Å²) in [7, 11) is 0. The van der Waals surface area contributed by atoms with Crippen LogP contribution in [-0.2, 0) is 10.3 Å². The second kappa shape index (κ2) is 3.56. The van der Waals surface area contributed by atoms with Crippen molar-refractivity contribution in [2.45, 2.75) is 32.4 Å². The third-order valence-corrected chi connectivity index (χ3v) is 3.47. The van der Waals surface area contributed by atoms with Gasteiger partial charge in [-0.25, -0.2) is 4.98 Å². The molecule has 0 aliphatic carbocycles. The third-order valence-electron chi connectivity index (χ3n) is 2.42. The zero-order valence-corrected chi connectivity index (χ0v) is 9.52. The molecule has 2 atom stereocenters. The number of aryl methyl sites for hydroxylation is 1. The van der Waals surface area contributed by atoms with Crippen LogP contribution in [0.2, 0.25) is 0 Å². The molecule has 14 heavy (non-hydrogen) atoms. The first-order valence-electron chi connectivity index (χ1n) is 4.78. The summed E-state index contributed by atoms with van der Waals surface area (Å²) < 4.78 is 10.0. The number of hydrogen-bond acceptors (Lipinski definition) is 5. The normalized spacial score (nSPS) is 33.2. The lowest BCUT2D eigenvalue weighted by atomic mass is 10.1. The molecule has 1 aromatic rings. The summed E-state index contributed by atoms with van der Waals surface area (Å²) in [5, 5.41) is 4.36. The Bertz CT molecular complexity index is 318. The van der Waals surface area contributed by atoms with Crippen LogP contribution >= 0.6 is 11.5 Å². The summed E-state index contributed by atoms with van der Waals surface area (Å²) in [5.74, 6) is 0.827. The van der Waals surface area contributed by atoms with Crippen molar-refractivity contribution in [3.63, 3.8) is 0 Å². The molecule has 1 aliphatic heterocycles. The number of morpholine rings is 1. The van der Waals surface area contributed by atoms with Crippen molar-refractivity contribution in [2.24, 2.45) is 0 Å². The van der Waals surface area contributed by atoms with Crippen LogP contribution in [-0.4, -0.2) is 28.6 Å². The molecule has 78 valence electrons. The first-order chi connectivity index (χ1) is 6.60. The molecule has 0 spiro atoms. The molecular weight excluding hydrogens is 198 g/mol. The Morgan fingerprint density at radius 1 is 1.64 bits per heavy atom. The van der Waals surface area contributed by atoms with E-state index in [0.717, 1.165) is 24.0 Å².